The molecule has 1 aliphatic heterocycles. The van der Waals surface area contributed by atoms with Crippen LogP contribution in [0.5, 0.6) is 0 Å². The Bertz CT molecular complexity index is 348. The van der Waals surface area contributed by atoms with Crippen molar-refractivity contribution >= 4 is 17.4 Å². The molecule has 1 nitrogen and oxygen atoms in total. The molecule has 0 spiro atoms. The number of nitrogens with one attached hydrogen (secondary N) is 1. The Hall–Kier alpha value is -0.630. The molecule has 2 heteroatoms. The van der Waals surface area contributed by atoms with Crippen molar-refractivity contribution in [3.05, 3.63) is 29.3 Å². The van der Waals surface area contributed by atoms with E-state index < -0.39 is 0 Å². The molecule has 1 saturated heterocycles. The molecule has 2 atom stereocenters. The molecule has 0 radical (unpaired) electrons. The monoisotopic (exact) mass is 221 g/mol. The zero-order chi connectivity index (χ0) is 10.8. The highest BCUT2D eigenvalue weighted by Crippen LogP contribution is 2.29. The molecule has 1 fully saturated rings. The lowest BCUT2D eigenvalue weighted by Gasteiger charge is -2.15. The topological polar surface area (TPSA) is 12.0 Å². The van der Waals surface area contributed by atoms with Crippen LogP contribution in [0, 0.1) is 13.8 Å². The molecule has 0 bridgehead atoms. The van der Waals surface area contributed by atoms with E-state index in [2.05, 4.69) is 56.0 Å². The summed E-state index contributed by atoms with van der Waals surface area (Å²) < 4.78 is 0. The van der Waals surface area contributed by atoms with Crippen molar-refractivity contribution < 1.29 is 0 Å². The Labute approximate surface area is 96.7 Å². The van der Waals surface area contributed by atoms with E-state index in [0.717, 1.165) is 5.25 Å². The molecule has 1 aromatic rings. The number of aryl methyl sites for hydroxylation is 2. The zero-order valence-electron chi connectivity index (χ0n) is 9.71. The van der Waals surface area contributed by atoms with Gasteiger partial charge >= 0.3 is 0 Å². The normalized spacial score (nSPS) is 25.5. The van der Waals surface area contributed by atoms with Gasteiger partial charge in [-0.3, -0.25) is 0 Å². The lowest BCUT2D eigenvalue weighted by Crippen LogP contribution is -2.19. The van der Waals surface area contributed by atoms with Gasteiger partial charge in [0.15, 0.2) is 0 Å². The van der Waals surface area contributed by atoms with Gasteiger partial charge in [0.2, 0.25) is 0 Å². The predicted octanol–water partition coefficient (Wildman–Crippen LogP) is 3.61. The van der Waals surface area contributed by atoms with Gasteiger partial charge in [-0.1, -0.05) is 24.6 Å². The van der Waals surface area contributed by atoms with Crippen molar-refractivity contribution in [2.24, 2.45) is 0 Å². The second-order valence-electron chi connectivity index (χ2n) is 4.54. The highest BCUT2D eigenvalue weighted by Gasteiger charge is 2.21. The van der Waals surface area contributed by atoms with Crippen LogP contribution < -0.4 is 5.32 Å². The fourth-order valence-corrected chi connectivity index (χ4v) is 3.26. The van der Waals surface area contributed by atoms with Crippen LogP contribution in [0.4, 0.5) is 5.69 Å². The van der Waals surface area contributed by atoms with Crippen LogP contribution in [0.2, 0.25) is 0 Å². The summed E-state index contributed by atoms with van der Waals surface area (Å²) in [6, 6.07) is 7.29. The van der Waals surface area contributed by atoms with E-state index in [1.807, 2.05) is 0 Å². The van der Waals surface area contributed by atoms with Crippen LogP contribution in [0.1, 0.15) is 24.5 Å². The first-order valence-electron chi connectivity index (χ1n) is 5.60. The van der Waals surface area contributed by atoms with E-state index in [1.54, 1.807) is 0 Å². The lowest BCUT2D eigenvalue weighted by molar-refractivity contribution is 0.746. The Balaban J connectivity index is 2.04. The summed E-state index contributed by atoms with van der Waals surface area (Å²) in [5, 5.41) is 4.46. The van der Waals surface area contributed by atoms with Crippen LogP contribution in [0.15, 0.2) is 18.2 Å². The number of anilines is 1. The van der Waals surface area contributed by atoms with Gasteiger partial charge in [0.25, 0.3) is 0 Å². The van der Waals surface area contributed by atoms with E-state index in [0.29, 0.717) is 6.04 Å². The van der Waals surface area contributed by atoms with Crippen LogP contribution in [0.3, 0.4) is 0 Å². The van der Waals surface area contributed by atoms with E-state index in [4.69, 9.17) is 0 Å². The largest absolute Gasteiger partial charge is 0.381 e. The fraction of sp³-hybridized carbons (Fsp3) is 0.538. The maximum Gasteiger partial charge on any atom is 0.0372 e. The van der Waals surface area contributed by atoms with Crippen molar-refractivity contribution in [2.45, 2.75) is 38.5 Å². The molecule has 2 unspecified atom stereocenters. The molecule has 2 rings (SSSR count). The van der Waals surface area contributed by atoms with Gasteiger partial charge in [-0.25, -0.2) is 0 Å². The molecule has 0 saturated carbocycles. The Morgan fingerprint density at radius 3 is 2.73 bits per heavy atom. The number of hydrogen-bond acceptors (Lipinski definition) is 2. The number of hydrogen-bond donors (Lipinski definition) is 1. The van der Waals surface area contributed by atoms with Crippen LogP contribution >= 0.6 is 11.8 Å². The summed E-state index contributed by atoms with van der Waals surface area (Å²) in [5.41, 5.74) is 4.01. The van der Waals surface area contributed by atoms with Crippen LogP contribution in [-0.2, 0) is 0 Å². The standard InChI is InChI=1S/C13H19NS/c1-9-4-5-13(10(2)6-9)14-12-7-11(3)15-8-12/h4-6,11-12,14H,7-8H2,1-3H3. The molecule has 1 heterocycles. The molecule has 1 aliphatic rings. The van der Waals surface area contributed by atoms with Crippen molar-refractivity contribution in [1.82, 2.24) is 0 Å². The second-order valence-corrected chi connectivity index (χ2v) is 6.01. The molecule has 15 heavy (non-hydrogen) atoms. The Morgan fingerprint density at radius 2 is 2.13 bits per heavy atom. The number of thioether (sulfide) groups is 1. The quantitative estimate of drug-likeness (QED) is 0.819. The van der Waals surface area contributed by atoms with Gasteiger partial charge in [-0.05, 0) is 31.9 Å². The van der Waals surface area contributed by atoms with E-state index in [9.17, 15) is 0 Å². The van der Waals surface area contributed by atoms with Crippen molar-refractivity contribution in [3.8, 4) is 0 Å². The average molecular weight is 221 g/mol. The first kappa shape index (κ1) is 10.9. The first-order chi connectivity index (χ1) is 7.15. The molecule has 1 aromatic carbocycles. The lowest BCUT2D eigenvalue weighted by atomic mass is 10.1. The maximum atomic E-state index is 3.65. The summed E-state index contributed by atoms with van der Waals surface area (Å²) in [7, 11) is 0. The molecule has 82 valence electrons. The zero-order valence-corrected chi connectivity index (χ0v) is 10.5. The smallest absolute Gasteiger partial charge is 0.0372 e. The van der Waals surface area contributed by atoms with Crippen molar-refractivity contribution in [2.75, 3.05) is 11.1 Å². The SMILES string of the molecule is Cc1ccc(NC2CSC(C)C2)c(C)c1. The van der Waals surface area contributed by atoms with E-state index in [1.165, 1.54) is 29.0 Å². The number of benzene rings is 1. The summed E-state index contributed by atoms with van der Waals surface area (Å²) >= 11 is 2.07. The highest BCUT2D eigenvalue weighted by molar-refractivity contribution is 8.00. The molecule has 0 aromatic heterocycles. The maximum absolute atomic E-state index is 3.65. The summed E-state index contributed by atoms with van der Waals surface area (Å²) in [6.45, 7) is 6.64. The van der Waals surface area contributed by atoms with Crippen LogP contribution in [0.25, 0.3) is 0 Å². The second kappa shape index (κ2) is 4.48. The van der Waals surface area contributed by atoms with E-state index >= 15 is 0 Å². The number of rotatable bonds is 2. The van der Waals surface area contributed by atoms with E-state index in [-0.39, 0.29) is 0 Å². The molecule has 0 aliphatic carbocycles. The third kappa shape index (κ3) is 2.69. The minimum Gasteiger partial charge on any atom is -0.381 e. The van der Waals surface area contributed by atoms with Gasteiger partial charge < -0.3 is 5.32 Å². The fourth-order valence-electron chi connectivity index (χ4n) is 2.11. The van der Waals surface area contributed by atoms with Gasteiger partial charge in [-0.15, -0.1) is 0 Å². The van der Waals surface area contributed by atoms with Crippen LogP contribution in [-0.4, -0.2) is 17.0 Å². The minimum atomic E-state index is 0.659. The summed E-state index contributed by atoms with van der Waals surface area (Å²) in [4.78, 5) is 0. The first-order valence-corrected chi connectivity index (χ1v) is 6.65. The molecule has 1 N–H and O–H groups in total. The van der Waals surface area contributed by atoms with Gasteiger partial charge in [-0.2, -0.15) is 11.8 Å². The van der Waals surface area contributed by atoms with Crippen molar-refractivity contribution in [3.63, 3.8) is 0 Å². The molecular formula is C13H19NS. The third-order valence-electron chi connectivity index (χ3n) is 2.94. The van der Waals surface area contributed by atoms with Gasteiger partial charge in [0, 0.05) is 22.7 Å². The predicted molar refractivity (Wildman–Crippen MR) is 69.9 cm³/mol. The van der Waals surface area contributed by atoms with Gasteiger partial charge in [0.05, 0.1) is 0 Å². The summed E-state index contributed by atoms with van der Waals surface area (Å²) in [5.74, 6) is 1.24. The average Bonchev–Trinajstić information content (AvgIpc) is 2.56. The minimum absolute atomic E-state index is 0.659. The Kier molecular flexibility index (Phi) is 3.25. The van der Waals surface area contributed by atoms with Gasteiger partial charge in [0.1, 0.15) is 0 Å². The summed E-state index contributed by atoms with van der Waals surface area (Å²) in [6.07, 6.45) is 1.29. The highest BCUT2D eigenvalue weighted by atomic mass is 32.2. The van der Waals surface area contributed by atoms with Crippen molar-refractivity contribution in [1.29, 1.82) is 0 Å². The third-order valence-corrected chi connectivity index (χ3v) is 4.30. The molecule has 0 amide bonds. The Morgan fingerprint density at radius 1 is 1.33 bits per heavy atom. The molecular weight excluding hydrogens is 202 g/mol.